The molecule has 114 valence electrons. The monoisotopic (exact) mass is 308 g/mol. The second-order valence-electron chi connectivity index (χ2n) is 5.76. The van der Waals surface area contributed by atoms with Gasteiger partial charge in [-0.3, -0.25) is 0 Å². The summed E-state index contributed by atoms with van der Waals surface area (Å²) in [4.78, 5) is 17.4. The fourth-order valence-corrected chi connectivity index (χ4v) is 2.91. The van der Waals surface area contributed by atoms with Gasteiger partial charge in [0.2, 0.25) is 0 Å². The van der Waals surface area contributed by atoms with Gasteiger partial charge in [0.05, 0.1) is 23.9 Å². The zero-order valence-corrected chi connectivity index (χ0v) is 13.8. The Morgan fingerprint density at radius 1 is 1.43 bits per heavy atom. The Morgan fingerprint density at radius 3 is 2.67 bits per heavy atom. The van der Waals surface area contributed by atoms with Gasteiger partial charge in [0.25, 0.3) is 0 Å². The number of esters is 1. The smallest absolute Gasteiger partial charge is 0.360 e. The molecule has 21 heavy (non-hydrogen) atoms. The molecule has 2 heterocycles. The van der Waals surface area contributed by atoms with Crippen LogP contribution in [0.2, 0.25) is 0 Å². The maximum atomic E-state index is 12.0. The summed E-state index contributed by atoms with van der Waals surface area (Å²) in [5.74, 6) is -0.422. The van der Waals surface area contributed by atoms with Gasteiger partial charge >= 0.3 is 5.97 Å². The highest BCUT2D eigenvalue weighted by Crippen LogP contribution is 2.26. The third kappa shape index (κ3) is 3.47. The number of hydrogen-bond donors (Lipinski definition) is 0. The number of ether oxygens (including phenoxy) is 1. The van der Waals surface area contributed by atoms with E-state index in [0.717, 1.165) is 15.6 Å². The van der Waals surface area contributed by atoms with Crippen molar-refractivity contribution in [1.29, 1.82) is 0 Å². The number of hydrogen-bond acceptors (Lipinski definition) is 6. The lowest BCUT2D eigenvalue weighted by atomic mass is 9.90. The van der Waals surface area contributed by atoms with Crippen LogP contribution in [0.25, 0.3) is 0 Å². The Balaban J connectivity index is 2.39. The molecule has 2 rings (SSSR count). The Kier molecular flexibility index (Phi) is 4.41. The predicted octanol–water partition coefficient (Wildman–Crippen LogP) is 2.57. The Bertz CT molecular complexity index is 640. The molecule has 0 radical (unpaired) electrons. The van der Waals surface area contributed by atoms with Crippen molar-refractivity contribution >= 4 is 17.3 Å². The Labute approximate surface area is 128 Å². The first-order chi connectivity index (χ1) is 9.82. The van der Waals surface area contributed by atoms with Crippen molar-refractivity contribution in [1.82, 2.24) is 20.0 Å². The normalized spacial score (nSPS) is 11.7. The molecule has 6 nitrogen and oxygen atoms in total. The van der Waals surface area contributed by atoms with Crippen LogP contribution in [0.3, 0.4) is 0 Å². The van der Waals surface area contributed by atoms with Crippen molar-refractivity contribution in [3.8, 4) is 0 Å². The minimum absolute atomic E-state index is 0.259. The molecule has 0 unspecified atom stereocenters. The summed E-state index contributed by atoms with van der Waals surface area (Å²) in [5, 5.41) is 9.17. The number of carbonyl (C=O) groups is 1. The maximum absolute atomic E-state index is 12.0. The second-order valence-corrected chi connectivity index (χ2v) is 7.08. The maximum Gasteiger partial charge on any atom is 0.360 e. The third-order valence-electron chi connectivity index (χ3n) is 2.89. The van der Waals surface area contributed by atoms with Crippen molar-refractivity contribution in [3.63, 3.8) is 0 Å². The van der Waals surface area contributed by atoms with Gasteiger partial charge in [-0.1, -0.05) is 26.0 Å². The van der Waals surface area contributed by atoms with Gasteiger partial charge < -0.3 is 4.74 Å². The summed E-state index contributed by atoms with van der Waals surface area (Å²) in [5.41, 5.74) is 0.822. The second kappa shape index (κ2) is 5.93. The van der Waals surface area contributed by atoms with Crippen LogP contribution < -0.4 is 0 Å². The summed E-state index contributed by atoms with van der Waals surface area (Å²) in [6.07, 6.45) is 1.83. The minimum Gasteiger partial charge on any atom is -0.461 e. The lowest BCUT2D eigenvalue weighted by Crippen LogP contribution is -2.22. The number of rotatable bonds is 4. The number of aryl methyl sites for hydroxylation is 1. The molecular formula is C14H20N4O2S. The Hall–Kier alpha value is -1.76. The molecule has 0 fully saturated rings. The molecule has 0 spiro atoms. The minimum atomic E-state index is -0.422. The molecule has 0 atom stereocenters. The van der Waals surface area contributed by atoms with E-state index in [9.17, 15) is 4.79 Å². The molecular weight excluding hydrogens is 288 g/mol. The van der Waals surface area contributed by atoms with Crippen molar-refractivity contribution in [2.75, 3.05) is 6.61 Å². The topological polar surface area (TPSA) is 69.9 Å². The van der Waals surface area contributed by atoms with Gasteiger partial charge in [-0.2, -0.15) is 0 Å². The average Bonchev–Trinajstić information content (AvgIpc) is 2.96. The SMILES string of the molecule is CCOC(=O)c1nnn(Cc2cnc(C)s2)c1C(C)(C)C. The summed E-state index contributed by atoms with van der Waals surface area (Å²) >= 11 is 1.61. The van der Waals surface area contributed by atoms with Crippen LogP contribution in [0, 0.1) is 6.92 Å². The van der Waals surface area contributed by atoms with E-state index in [0.29, 0.717) is 18.8 Å². The van der Waals surface area contributed by atoms with Crippen molar-refractivity contribution in [2.24, 2.45) is 0 Å². The lowest BCUT2D eigenvalue weighted by Gasteiger charge is -2.20. The molecule has 7 heteroatoms. The van der Waals surface area contributed by atoms with E-state index in [2.05, 4.69) is 15.3 Å². The zero-order chi connectivity index (χ0) is 15.6. The van der Waals surface area contributed by atoms with E-state index in [1.54, 1.807) is 22.9 Å². The summed E-state index contributed by atoms with van der Waals surface area (Å²) in [7, 11) is 0. The molecule has 0 aliphatic rings. The molecule has 2 aromatic rings. The number of thiazole rings is 1. The zero-order valence-electron chi connectivity index (χ0n) is 13.0. The van der Waals surface area contributed by atoms with E-state index in [1.807, 2.05) is 33.9 Å². The van der Waals surface area contributed by atoms with Crippen molar-refractivity contribution in [2.45, 2.75) is 46.6 Å². The summed E-state index contributed by atoms with van der Waals surface area (Å²) < 4.78 is 6.83. The van der Waals surface area contributed by atoms with E-state index in [4.69, 9.17) is 4.74 Å². The van der Waals surface area contributed by atoms with Crippen LogP contribution in [0.5, 0.6) is 0 Å². The van der Waals surface area contributed by atoms with Gasteiger partial charge in [0.15, 0.2) is 5.69 Å². The molecule has 0 N–H and O–H groups in total. The van der Waals surface area contributed by atoms with Crippen LogP contribution in [-0.2, 0) is 16.7 Å². The first-order valence-electron chi connectivity index (χ1n) is 6.85. The van der Waals surface area contributed by atoms with E-state index < -0.39 is 5.97 Å². The van der Waals surface area contributed by atoms with Crippen LogP contribution in [-0.4, -0.2) is 32.6 Å². The van der Waals surface area contributed by atoms with E-state index >= 15 is 0 Å². The number of nitrogens with zero attached hydrogens (tertiary/aromatic N) is 4. The van der Waals surface area contributed by atoms with Crippen LogP contribution in [0.1, 0.15) is 53.8 Å². The molecule has 0 aliphatic heterocycles. The number of aromatic nitrogens is 4. The molecule has 0 saturated carbocycles. The van der Waals surface area contributed by atoms with Gasteiger partial charge in [-0.15, -0.1) is 16.4 Å². The fraction of sp³-hybridized carbons (Fsp3) is 0.571. The van der Waals surface area contributed by atoms with Crippen LogP contribution >= 0.6 is 11.3 Å². The van der Waals surface area contributed by atoms with Crippen molar-refractivity contribution < 1.29 is 9.53 Å². The largest absolute Gasteiger partial charge is 0.461 e. The van der Waals surface area contributed by atoms with E-state index in [1.165, 1.54) is 0 Å². The summed E-state index contributed by atoms with van der Waals surface area (Å²) in [6.45, 7) is 10.7. The first kappa shape index (κ1) is 15.6. The van der Waals surface area contributed by atoms with Crippen LogP contribution in [0.4, 0.5) is 0 Å². The summed E-state index contributed by atoms with van der Waals surface area (Å²) in [6, 6.07) is 0. The molecule has 0 saturated heterocycles. The van der Waals surface area contributed by atoms with Gasteiger partial charge in [-0.05, 0) is 13.8 Å². The highest BCUT2D eigenvalue weighted by molar-refractivity contribution is 7.11. The highest BCUT2D eigenvalue weighted by Gasteiger charge is 2.30. The molecule has 0 aromatic carbocycles. The highest BCUT2D eigenvalue weighted by atomic mass is 32.1. The molecule has 0 bridgehead atoms. The van der Waals surface area contributed by atoms with Gasteiger partial charge in [0, 0.05) is 16.5 Å². The predicted molar refractivity (Wildman–Crippen MR) is 80.6 cm³/mol. The van der Waals surface area contributed by atoms with E-state index in [-0.39, 0.29) is 5.41 Å². The first-order valence-corrected chi connectivity index (χ1v) is 7.67. The number of carbonyl (C=O) groups excluding carboxylic acids is 1. The molecule has 2 aromatic heterocycles. The third-order valence-corrected chi connectivity index (χ3v) is 3.79. The fourth-order valence-electron chi connectivity index (χ4n) is 2.13. The lowest BCUT2D eigenvalue weighted by molar-refractivity contribution is 0.0516. The Morgan fingerprint density at radius 2 is 2.14 bits per heavy atom. The standard InChI is InChI=1S/C14H20N4O2S/c1-6-20-13(19)11-12(14(3,4)5)18(17-16-11)8-10-7-15-9(2)21-10/h7H,6,8H2,1-5H3. The molecule has 0 amide bonds. The average molecular weight is 308 g/mol. The van der Waals surface area contributed by atoms with Crippen molar-refractivity contribution in [3.05, 3.63) is 27.5 Å². The van der Waals surface area contributed by atoms with Gasteiger partial charge in [-0.25, -0.2) is 14.5 Å². The van der Waals surface area contributed by atoms with Gasteiger partial charge in [0.1, 0.15) is 0 Å². The quantitative estimate of drug-likeness (QED) is 0.812. The molecule has 0 aliphatic carbocycles. The van der Waals surface area contributed by atoms with Crippen LogP contribution in [0.15, 0.2) is 6.20 Å².